The summed E-state index contributed by atoms with van der Waals surface area (Å²) in [5.41, 5.74) is 1.22. The fourth-order valence-corrected chi connectivity index (χ4v) is 2.79. The van der Waals surface area contributed by atoms with E-state index in [2.05, 4.69) is 10.6 Å². The second kappa shape index (κ2) is 5.73. The zero-order chi connectivity index (χ0) is 14.8. The molecule has 2 heterocycles. The molecule has 0 aromatic heterocycles. The Kier molecular flexibility index (Phi) is 3.79. The Hall–Kier alpha value is -2.08. The van der Waals surface area contributed by atoms with Gasteiger partial charge in [-0.3, -0.25) is 9.59 Å². The molecule has 2 aliphatic heterocycles. The molecule has 0 aliphatic carbocycles. The van der Waals surface area contributed by atoms with Gasteiger partial charge in [0.05, 0.1) is 5.69 Å². The van der Waals surface area contributed by atoms with Crippen LogP contribution in [0, 0.1) is 0 Å². The van der Waals surface area contributed by atoms with Crippen LogP contribution in [0.5, 0.6) is 5.75 Å². The Morgan fingerprint density at radius 1 is 1.48 bits per heavy atom. The van der Waals surface area contributed by atoms with E-state index in [0.717, 1.165) is 25.9 Å². The molecule has 1 saturated heterocycles. The number of carbonyl (C=O) groups is 2. The van der Waals surface area contributed by atoms with Gasteiger partial charge in [-0.25, -0.2) is 0 Å². The number of nitrogens with one attached hydrogen (secondary N) is 2. The van der Waals surface area contributed by atoms with E-state index in [1.165, 1.54) is 0 Å². The highest BCUT2D eigenvalue weighted by molar-refractivity contribution is 5.99. The number of likely N-dealkylation sites (tertiary alicyclic amines) is 1. The molecule has 2 amide bonds. The van der Waals surface area contributed by atoms with Gasteiger partial charge in [-0.2, -0.15) is 0 Å². The third kappa shape index (κ3) is 2.85. The molecule has 1 aromatic carbocycles. The van der Waals surface area contributed by atoms with E-state index in [1.807, 2.05) is 11.9 Å². The fraction of sp³-hybridized carbons (Fsp3) is 0.467. The lowest BCUT2D eigenvalue weighted by Gasteiger charge is -2.32. The average Bonchev–Trinajstić information content (AvgIpc) is 2.53. The second-order valence-corrected chi connectivity index (χ2v) is 5.43. The van der Waals surface area contributed by atoms with Gasteiger partial charge in [0.1, 0.15) is 5.75 Å². The van der Waals surface area contributed by atoms with Gasteiger partial charge in [0.15, 0.2) is 6.61 Å². The van der Waals surface area contributed by atoms with Crippen LogP contribution < -0.4 is 15.4 Å². The van der Waals surface area contributed by atoms with E-state index in [4.69, 9.17) is 4.74 Å². The molecule has 0 unspecified atom stereocenters. The van der Waals surface area contributed by atoms with Crippen LogP contribution in [0.1, 0.15) is 23.2 Å². The molecular formula is C15H19N3O3. The van der Waals surface area contributed by atoms with Gasteiger partial charge in [-0.15, -0.1) is 0 Å². The van der Waals surface area contributed by atoms with Crippen LogP contribution in [0.3, 0.4) is 0 Å². The zero-order valence-electron chi connectivity index (χ0n) is 12.0. The molecule has 21 heavy (non-hydrogen) atoms. The van der Waals surface area contributed by atoms with Gasteiger partial charge < -0.3 is 20.3 Å². The van der Waals surface area contributed by atoms with Gasteiger partial charge in [0.25, 0.3) is 11.8 Å². The van der Waals surface area contributed by atoms with Crippen molar-refractivity contribution >= 4 is 17.5 Å². The monoisotopic (exact) mass is 289 g/mol. The maximum Gasteiger partial charge on any atom is 0.262 e. The van der Waals surface area contributed by atoms with Crippen LogP contribution in [0.2, 0.25) is 0 Å². The summed E-state index contributed by atoms with van der Waals surface area (Å²) < 4.78 is 5.36. The first-order valence-electron chi connectivity index (χ1n) is 7.20. The quantitative estimate of drug-likeness (QED) is 0.846. The zero-order valence-corrected chi connectivity index (χ0v) is 12.0. The van der Waals surface area contributed by atoms with Crippen LogP contribution in [0.25, 0.3) is 0 Å². The van der Waals surface area contributed by atoms with E-state index in [9.17, 15) is 9.59 Å². The Morgan fingerprint density at radius 3 is 3.14 bits per heavy atom. The predicted molar refractivity (Wildman–Crippen MR) is 78.6 cm³/mol. The van der Waals surface area contributed by atoms with Crippen LogP contribution in [0.4, 0.5) is 5.69 Å². The molecule has 0 spiro atoms. The van der Waals surface area contributed by atoms with Crippen molar-refractivity contribution in [2.45, 2.75) is 18.9 Å². The topological polar surface area (TPSA) is 70.7 Å². The lowest BCUT2D eigenvalue weighted by molar-refractivity contribution is -0.118. The molecule has 1 aromatic rings. The third-order valence-electron chi connectivity index (χ3n) is 3.98. The molecule has 0 bridgehead atoms. The van der Waals surface area contributed by atoms with Crippen molar-refractivity contribution in [1.82, 2.24) is 10.2 Å². The molecule has 0 saturated carbocycles. The number of ether oxygens (including phenoxy) is 1. The van der Waals surface area contributed by atoms with Crippen LogP contribution in [-0.2, 0) is 4.79 Å². The first-order chi connectivity index (χ1) is 10.2. The number of hydrogen-bond donors (Lipinski definition) is 2. The van der Waals surface area contributed by atoms with Gasteiger partial charge in [0, 0.05) is 24.7 Å². The summed E-state index contributed by atoms with van der Waals surface area (Å²) in [4.78, 5) is 25.7. The third-order valence-corrected chi connectivity index (χ3v) is 3.98. The summed E-state index contributed by atoms with van der Waals surface area (Å²) in [6.07, 6.45) is 2.11. The summed E-state index contributed by atoms with van der Waals surface area (Å²) in [6.45, 7) is 1.51. The lowest BCUT2D eigenvalue weighted by atomic mass is 10.0. The SMILES string of the molecule is CN[C@H]1CCCN(C(=O)c2ccc3c(c2)OCC(=O)N3)C1. The summed E-state index contributed by atoms with van der Waals surface area (Å²) in [5, 5.41) is 5.95. The highest BCUT2D eigenvalue weighted by Gasteiger charge is 2.25. The molecule has 112 valence electrons. The van der Waals surface area contributed by atoms with Crippen molar-refractivity contribution < 1.29 is 14.3 Å². The summed E-state index contributed by atoms with van der Waals surface area (Å²) in [7, 11) is 1.92. The van der Waals surface area contributed by atoms with Gasteiger partial charge in [-0.05, 0) is 38.1 Å². The maximum absolute atomic E-state index is 12.6. The van der Waals surface area contributed by atoms with Crippen molar-refractivity contribution in [3.63, 3.8) is 0 Å². The second-order valence-electron chi connectivity index (χ2n) is 5.43. The number of likely N-dealkylation sites (N-methyl/N-ethyl adjacent to an activating group) is 1. The number of hydrogen-bond acceptors (Lipinski definition) is 4. The molecule has 1 fully saturated rings. The summed E-state index contributed by atoms with van der Waals surface area (Å²) in [5.74, 6) is 0.398. The van der Waals surface area contributed by atoms with Crippen LogP contribution in [-0.4, -0.2) is 49.5 Å². The standard InChI is InChI=1S/C15H19N3O3/c1-16-11-3-2-6-18(8-11)15(20)10-4-5-12-13(7-10)21-9-14(19)17-12/h4-5,7,11,16H,2-3,6,8-9H2,1H3,(H,17,19)/t11-/m0/s1. The largest absolute Gasteiger partial charge is 0.482 e. The van der Waals surface area contributed by atoms with E-state index in [-0.39, 0.29) is 18.4 Å². The molecule has 0 radical (unpaired) electrons. The van der Waals surface area contributed by atoms with Gasteiger partial charge >= 0.3 is 0 Å². The van der Waals surface area contributed by atoms with Crippen molar-refractivity contribution in [2.24, 2.45) is 0 Å². The van der Waals surface area contributed by atoms with Crippen molar-refractivity contribution in [1.29, 1.82) is 0 Å². The Balaban J connectivity index is 1.77. The number of rotatable bonds is 2. The first-order valence-corrected chi connectivity index (χ1v) is 7.20. The molecule has 1 atom stereocenters. The highest BCUT2D eigenvalue weighted by atomic mass is 16.5. The summed E-state index contributed by atoms with van der Waals surface area (Å²) in [6, 6.07) is 5.52. The van der Waals surface area contributed by atoms with Crippen LogP contribution in [0.15, 0.2) is 18.2 Å². The molecular weight excluding hydrogens is 270 g/mol. The first kappa shape index (κ1) is 13.9. The minimum absolute atomic E-state index is 0.00378. The summed E-state index contributed by atoms with van der Waals surface area (Å²) >= 11 is 0. The van der Waals surface area contributed by atoms with Crippen LogP contribution >= 0.6 is 0 Å². The minimum atomic E-state index is -0.172. The van der Waals surface area contributed by atoms with Crippen molar-refractivity contribution in [2.75, 3.05) is 32.1 Å². The smallest absolute Gasteiger partial charge is 0.262 e. The van der Waals surface area contributed by atoms with E-state index in [1.54, 1.807) is 18.2 Å². The van der Waals surface area contributed by atoms with Crippen molar-refractivity contribution in [3.05, 3.63) is 23.8 Å². The predicted octanol–water partition coefficient (Wildman–Crippen LogP) is 0.841. The number of benzene rings is 1. The average molecular weight is 289 g/mol. The maximum atomic E-state index is 12.6. The Morgan fingerprint density at radius 2 is 2.33 bits per heavy atom. The minimum Gasteiger partial charge on any atom is -0.482 e. The molecule has 6 nitrogen and oxygen atoms in total. The number of carbonyl (C=O) groups excluding carboxylic acids is 2. The van der Waals surface area contributed by atoms with E-state index in [0.29, 0.717) is 23.0 Å². The van der Waals surface area contributed by atoms with Gasteiger partial charge in [-0.1, -0.05) is 0 Å². The van der Waals surface area contributed by atoms with E-state index >= 15 is 0 Å². The Bertz CT molecular complexity index is 573. The number of nitrogens with zero attached hydrogens (tertiary/aromatic N) is 1. The fourth-order valence-electron chi connectivity index (χ4n) is 2.79. The van der Waals surface area contributed by atoms with Gasteiger partial charge in [0.2, 0.25) is 0 Å². The number of piperidine rings is 1. The normalized spacial score (nSPS) is 21.3. The molecule has 2 N–H and O–H groups in total. The lowest BCUT2D eigenvalue weighted by Crippen LogP contribution is -2.47. The van der Waals surface area contributed by atoms with E-state index < -0.39 is 0 Å². The van der Waals surface area contributed by atoms with Crippen molar-refractivity contribution in [3.8, 4) is 5.75 Å². The molecule has 3 rings (SSSR count). The highest BCUT2D eigenvalue weighted by Crippen LogP contribution is 2.29. The Labute approximate surface area is 123 Å². The molecule has 6 heteroatoms. The number of anilines is 1. The molecule has 2 aliphatic rings. The number of amides is 2. The number of fused-ring (bicyclic) bond motifs is 1.